The fourth-order valence-electron chi connectivity index (χ4n) is 11.5. The van der Waals surface area contributed by atoms with E-state index in [1.165, 1.54) is 0 Å². The van der Waals surface area contributed by atoms with E-state index in [1.54, 1.807) is 40.7 Å². The molecule has 0 amide bonds. The van der Waals surface area contributed by atoms with Gasteiger partial charge in [0.25, 0.3) is 0 Å². The van der Waals surface area contributed by atoms with Crippen LogP contribution in [0.1, 0.15) is 126 Å². The lowest BCUT2D eigenvalue weighted by molar-refractivity contribution is -0.144. The highest BCUT2D eigenvalue weighted by atomic mass is 16.4. The number of nitrogens with zero attached hydrogens (tertiary/aromatic N) is 2. The molecule has 9 N–H and O–H groups in total. The number of nitrogens with one attached hydrogen (secondary N) is 2. The van der Waals surface area contributed by atoms with E-state index in [9.17, 15) is 69.3 Å². The maximum absolute atomic E-state index is 13.1. The standard InChI is InChI=1S/C45H60N4O14/c1-21-37-26(11-14-32(54)55)43(6,20-36(62)63)45(8,49-37)40-27(17-34(58)59)41(4,16-15-33(56)57)29(46-40)18-28-24(9-12-30(50)51)22(2)44(7,48-28)23(3)38-25(10-13-31(52)53)42(5,19-35(60)61)39(21)47-38/h18,23,26-27,40,46,49H,9-17,19-20H2,1-8H3,(H,50,51)(H,52,53)(H,54,55)(H,56,57)(H,58,59)(H,60,61)(H,62,63)/b29-18-,37-21-. The summed E-state index contributed by atoms with van der Waals surface area (Å²) in [4.78, 5) is 98.3. The number of carboxylic acid groups (broad SMARTS) is 7. The van der Waals surface area contributed by atoms with Crippen molar-refractivity contribution in [2.45, 2.75) is 143 Å². The Balaban J connectivity index is 2.01. The van der Waals surface area contributed by atoms with Crippen LogP contribution in [-0.4, -0.2) is 106 Å². The Labute approximate surface area is 365 Å². The van der Waals surface area contributed by atoms with Crippen LogP contribution in [-0.2, 0) is 33.6 Å². The molecule has 0 aromatic rings. The van der Waals surface area contributed by atoms with Crippen molar-refractivity contribution < 1.29 is 69.3 Å². The number of hydrogen-bond acceptors (Lipinski definition) is 11. The van der Waals surface area contributed by atoms with Gasteiger partial charge >= 0.3 is 41.8 Å². The Morgan fingerprint density at radius 2 is 1.30 bits per heavy atom. The zero-order valence-corrected chi connectivity index (χ0v) is 37.0. The van der Waals surface area contributed by atoms with Gasteiger partial charge in [-0.1, -0.05) is 20.8 Å². The van der Waals surface area contributed by atoms with Crippen molar-refractivity contribution in [3.63, 3.8) is 0 Å². The van der Waals surface area contributed by atoms with Gasteiger partial charge in [-0.3, -0.25) is 43.5 Å². The molecule has 63 heavy (non-hydrogen) atoms. The predicted octanol–water partition coefficient (Wildman–Crippen LogP) is 5.50. The van der Waals surface area contributed by atoms with Gasteiger partial charge in [-0.25, -0.2) is 0 Å². The molecule has 0 aromatic heterocycles. The predicted molar refractivity (Wildman–Crippen MR) is 227 cm³/mol. The van der Waals surface area contributed by atoms with Gasteiger partial charge in [-0.05, 0) is 88.7 Å². The summed E-state index contributed by atoms with van der Waals surface area (Å²) in [7, 11) is 0. The Morgan fingerprint density at radius 1 is 0.730 bits per heavy atom. The van der Waals surface area contributed by atoms with E-state index in [2.05, 4.69) is 10.6 Å². The minimum absolute atomic E-state index is 0.0164. The van der Waals surface area contributed by atoms with Crippen LogP contribution in [0.3, 0.4) is 0 Å². The first-order valence-corrected chi connectivity index (χ1v) is 21.2. The molecule has 5 rings (SSSR count). The van der Waals surface area contributed by atoms with Gasteiger partial charge in [0.2, 0.25) is 0 Å². The van der Waals surface area contributed by atoms with Gasteiger partial charge < -0.3 is 46.4 Å². The van der Waals surface area contributed by atoms with E-state index in [1.807, 2.05) is 20.8 Å². The van der Waals surface area contributed by atoms with Crippen molar-refractivity contribution in [3.05, 3.63) is 45.5 Å². The van der Waals surface area contributed by atoms with Crippen molar-refractivity contribution >= 4 is 53.2 Å². The van der Waals surface area contributed by atoms with Gasteiger partial charge in [0.1, 0.15) is 0 Å². The van der Waals surface area contributed by atoms with Crippen LogP contribution in [0.5, 0.6) is 0 Å². The number of aliphatic carboxylic acids is 7. The quantitative estimate of drug-likeness (QED) is 0.0821. The van der Waals surface area contributed by atoms with Crippen molar-refractivity contribution in [3.8, 4) is 0 Å². The molecule has 0 saturated carbocycles. The van der Waals surface area contributed by atoms with E-state index in [-0.39, 0.29) is 50.7 Å². The topological polar surface area (TPSA) is 310 Å². The van der Waals surface area contributed by atoms with Gasteiger partial charge in [0.05, 0.1) is 47.8 Å². The summed E-state index contributed by atoms with van der Waals surface area (Å²) < 4.78 is 0. The lowest BCUT2D eigenvalue weighted by atomic mass is 9.57. The third kappa shape index (κ3) is 8.40. The summed E-state index contributed by atoms with van der Waals surface area (Å²) >= 11 is 0. The lowest BCUT2D eigenvalue weighted by Gasteiger charge is -2.48. The van der Waals surface area contributed by atoms with Gasteiger partial charge in [-0.2, -0.15) is 0 Å². The second-order valence-corrected chi connectivity index (χ2v) is 19.0. The highest BCUT2D eigenvalue weighted by Crippen LogP contribution is 2.61. The maximum atomic E-state index is 13.1. The van der Waals surface area contributed by atoms with Crippen LogP contribution in [0.4, 0.5) is 0 Å². The smallest absolute Gasteiger partial charge is 0.304 e. The Hall–Kier alpha value is -5.81. The van der Waals surface area contributed by atoms with Crippen molar-refractivity contribution in [2.75, 3.05) is 0 Å². The normalized spacial score (nSPS) is 35.4. The fourth-order valence-corrected chi connectivity index (χ4v) is 11.5. The van der Waals surface area contributed by atoms with E-state index in [4.69, 9.17) is 9.98 Å². The molecular weight excluding hydrogens is 821 g/mol. The van der Waals surface area contributed by atoms with E-state index < -0.39 is 119 Å². The largest absolute Gasteiger partial charge is 0.481 e. The van der Waals surface area contributed by atoms with Crippen LogP contribution in [0.15, 0.2) is 55.4 Å². The number of carboxylic acids is 7. The van der Waals surface area contributed by atoms with Crippen LogP contribution in [0.2, 0.25) is 0 Å². The van der Waals surface area contributed by atoms with E-state index in [0.717, 1.165) is 0 Å². The second kappa shape index (κ2) is 17.1. The monoisotopic (exact) mass is 880 g/mol. The zero-order valence-electron chi connectivity index (χ0n) is 37.0. The van der Waals surface area contributed by atoms with Gasteiger partial charge in [0.15, 0.2) is 0 Å². The molecule has 0 aliphatic carbocycles. The maximum Gasteiger partial charge on any atom is 0.304 e. The molecule has 18 nitrogen and oxygen atoms in total. The summed E-state index contributed by atoms with van der Waals surface area (Å²) in [6.45, 7) is 14.0. The van der Waals surface area contributed by atoms with Crippen LogP contribution in [0, 0.1) is 34.0 Å². The number of aliphatic imine (C=N–C) groups is 2. The first-order valence-electron chi connectivity index (χ1n) is 21.2. The van der Waals surface area contributed by atoms with E-state index >= 15 is 0 Å². The summed E-state index contributed by atoms with van der Waals surface area (Å²) in [5.41, 5.74) is -2.99. The summed E-state index contributed by atoms with van der Waals surface area (Å²) in [5, 5.41) is 78.8. The molecule has 18 heteroatoms. The van der Waals surface area contributed by atoms with Crippen molar-refractivity contribution in [1.29, 1.82) is 0 Å². The van der Waals surface area contributed by atoms with Gasteiger partial charge in [-0.15, -0.1) is 0 Å². The van der Waals surface area contributed by atoms with Crippen LogP contribution < -0.4 is 10.6 Å². The third-order valence-corrected chi connectivity index (χ3v) is 15.5. The van der Waals surface area contributed by atoms with E-state index in [0.29, 0.717) is 45.1 Å². The molecule has 0 spiro atoms. The van der Waals surface area contributed by atoms with Crippen LogP contribution in [0.25, 0.3) is 0 Å². The lowest BCUT2D eigenvalue weighted by Crippen LogP contribution is -2.63. The SMILES string of the molecule is CC1=C(CCC(=O)O)C2=NC1(C)C(C)C1=C(CCC(=O)O)C(C)(CC(=O)O)C(=N1)/C(C)=C1\NC(C)(C3N/C(=C\2)C(C)(CCC(=O)O)C3CC(=O)O)C(C)(CC(=O)O)C1CCC(=O)O. The highest BCUT2D eigenvalue weighted by Gasteiger charge is 2.67. The number of hydrogen-bond donors (Lipinski definition) is 9. The highest BCUT2D eigenvalue weighted by molar-refractivity contribution is 6.12. The molecule has 5 heterocycles. The fraction of sp³-hybridized carbons (Fsp3) is 0.622. The number of rotatable bonds is 18. The van der Waals surface area contributed by atoms with Gasteiger partial charge in [0, 0.05) is 76.8 Å². The molecular formula is C45H60N4O14. The molecule has 9 unspecified atom stereocenters. The second-order valence-electron chi connectivity index (χ2n) is 19.0. The number of carbonyl (C=O) groups is 7. The summed E-state index contributed by atoms with van der Waals surface area (Å²) in [6, 6.07) is -0.985. The molecule has 344 valence electrons. The molecule has 5 aliphatic heterocycles. The minimum atomic E-state index is -1.46. The molecule has 0 radical (unpaired) electrons. The Bertz CT molecular complexity index is 2240. The third-order valence-electron chi connectivity index (χ3n) is 15.5. The zero-order chi connectivity index (χ0) is 47.4. The molecule has 2 saturated heterocycles. The molecule has 5 aliphatic rings. The molecule has 0 aromatic carbocycles. The van der Waals surface area contributed by atoms with Crippen LogP contribution >= 0.6 is 0 Å². The summed E-state index contributed by atoms with van der Waals surface area (Å²) in [5.74, 6) is -10.7. The Kier molecular flexibility index (Phi) is 13.1. The first-order chi connectivity index (χ1) is 29.1. The average molecular weight is 881 g/mol. The minimum Gasteiger partial charge on any atom is -0.481 e. The average Bonchev–Trinajstić information content (AvgIpc) is 3.76. The van der Waals surface area contributed by atoms with Crippen molar-refractivity contribution in [2.24, 2.45) is 44.0 Å². The number of allylic oxidation sites excluding steroid dienone is 6. The molecule has 8 bridgehead atoms. The Morgan fingerprint density at radius 3 is 1.84 bits per heavy atom. The first kappa shape index (κ1) is 48.2. The molecule has 2 fully saturated rings. The molecule has 9 atom stereocenters. The summed E-state index contributed by atoms with van der Waals surface area (Å²) in [6.07, 6.45) is -1.59. The van der Waals surface area contributed by atoms with Crippen molar-refractivity contribution in [1.82, 2.24) is 10.6 Å². The number of fused-ring (bicyclic) bond motifs is 7.